The fourth-order valence-electron chi connectivity index (χ4n) is 3.74. The summed E-state index contributed by atoms with van der Waals surface area (Å²) < 4.78 is 5.27. The number of nitrogens with zero attached hydrogens (tertiary/aromatic N) is 2. The number of rotatable bonds is 5. The van der Waals surface area contributed by atoms with Gasteiger partial charge in [0.2, 0.25) is 0 Å². The number of anilines is 1. The first-order valence-corrected chi connectivity index (χ1v) is 11.2. The summed E-state index contributed by atoms with van der Waals surface area (Å²) in [6.07, 6.45) is 0. The van der Waals surface area contributed by atoms with Crippen molar-refractivity contribution >= 4 is 50.0 Å². The predicted octanol–water partition coefficient (Wildman–Crippen LogP) is 5.62. The molecular formula is C26H19N3O3S. The van der Waals surface area contributed by atoms with Crippen LogP contribution in [0.15, 0.2) is 78.2 Å². The summed E-state index contributed by atoms with van der Waals surface area (Å²) in [5.74, 6) is -1.01. The maximum absolute atomic E-state index is 12.6. The zero-order valence-corrected chi connectivity index (χ0v) is 18.6. The summed E-state index contributed by atoms with van der Waals surface area (Å²) in [5.41, 5.74) is 3.57. The lowest BCUT2D eigenvalue weighted by atomic mass is 10.0. The van der Waals surface area contributed by atoms with Crippen LogP contribution < -0.4 is 5.32 Å². The van der Waals surface area contributed by atoms with Crippen LogP contribution >= 0.6 is 11.3 Å². The number of fused-ring (bicyclic) bond motifs is 2. The minimum atomic E-state index is -0.567. The number of aryl methyl sites for hydroxylation is 1. The standard InChI is InChI=1S/C26H19N3O3S/c1-16-13-21(20-10-4-5-12-22(20)27-16)25(31)32-14-24(30)29-26-28-23(15-33-26)19-11-6-8-17-7-2-3-9-18(17)19/h2-13,15H,14H2,1H3,(H,28,29,30). The van der Waals surface area contributed by atoms with Crippen LogP contribution in [-0.4, -0.2) is 28.5 Å². The number of carbonyl (C=O) groups excluding carboxylic acids is 2. The van der Waals surface area contributed by atoms with E-state index in [1.807, 2.05) is 66.9 Å². The Hall–Kier alpha value is -4.10. The Balaban J connectivity index is 1.27. The summed E-state index contributed by atoms with van der Waals surface area (Å²) in [6.45, 7) is 1.41. The SMILES string of the molecule is Cc1cc(C(=O)OCC(=O)Nc2nc(-c3cccc4ccccc34)cs2)c2ccccc2n1. The van der Waals surface area contributed by atoms with Crippen LogP contribution in [-0.2, 0) is 9.53 Å². The lowest BCUT2D eigenvalue weighted by Crippen LogP contribution is -2.21. The Labute approximate surface area is 193 Å². The molecule has 6 nitrogen and oxygen atoms in total. The highest BCUT2D eigenvalue weighted by Gasteiger charge is 2.16. The van der Waals surface area contributed by atoms with Crippen molar-refractivity contribution in [2.45, 2.75) is 6.92 Å². The van der Waals surface area contributed by atoms with E-state index in [-0.39, 0.29) is 0 Å². The van der Waals surface area contributed by atoms with Gasteiger partial charge >= 0.3 is 5.97 Å². The van der Waals surface area contributed by atoms with Gasteiger partial charge in [-0.2, -0.15) is 0 Å². The quantitative estimate of drug-likeness (QED) is 0.350. The van der Waals surface area contributed by atoms with Gasteiger partial charge in [-0.15, -0.1) is 11.3 Å². The van der Waals surface area contributed by atoms with Crippen molar-refractivity contribution in [2.24, 2.45) is 0 Å². The van der Waals surface area contributed by atoms with E-state index >= 15 is 0 Å². The molecule has 0 saturated carbocycles. The molecule has 2 aromatic heterocycles. The predicted molar refractivity (Wildman–Crippen MR) is 130 cm³/mol. The van der Waals surface area contributed by atoms with Crippen molar-refractivity contribution in [3.63, 3.8) is 0 Å². The van der Waals surface area contributed by atoms with Crippen molar-refractivity contribution in [3.05, 3.63) is 89.4 Å². The number of thiazole rings is 1. The number of pyridine rings is 1. The van der Waals surface area contributed by atoms with Crippen LogP contribution in [0.25, 0.3) is 32.9 Å². The van der Waals surface area contributed by atoms with E-state index in [4.69, 9.17) is 4.74 Å². The van der Waals surface area contributed by atoms with Crippen molar-refractivity contribution in [3.8, 4) is 11.3 Å². The van der Waals surface area contributed by atoms with Crippen LogP contribution in [0.5, 0.6) is 0 Å². The average Bonchev–Trinajstić information content (AvgIpc) is 3.29. The Morgan fingerprint density at radius 2 is 1.70 bits per heavy atom. The lowest BCUT2D eigenvalue weighted by Gasteiger charge is -2.08. The zero-order valence-electron chi connectivity index (χ0n) is 17.7. The first-order valence-electron chi connectivity index (χ1n) is 10.4. The van der Waals surface area contributed by atoms with Gasteiger partial charge in [0.25, 0.3) is 5.91 Å². The monoisotopic (exact) mass is 453 g/mol. The first kappa shape index (κ1) is 20.8. The van der Waals surface area contributed by atoms with Crippen LogP contribution in [0.3, 0.4) is 0 Å². The minimum Gasteiger partial charge on any atom is -0.452 e. The zero-order chi connectivity index (χ0) is 22.8. The van der Waals surface area contributed by atoms with Gasteiger partial charge in [-0.05, 0) is 29.8 Å². The molecule has 0 spiro atoms. The molecule has 5 rings (SSSR count). The number of para-hydroxylation sites is 1. The normalized spacial score (nSPS) is 10.9. The van der Waals surface area contributed by atoms with Crippen LogP contribution in [0.4, 0.5) is 5.13 Å². The summed E-state index contributed by atoms with van der Waals surface area (Å²) in [7, 11) is 0. The summed E-state index contributed by atoms with van der Waals surface area (Å²) >= 11 is 1.32. The van der Waals surface area contributed by atoms with Gasteiger partial charge in [0.1, 0.15) is 0 Å². The third-order valence-corrected chi connectivity index (χ3v) is 5.97. The van der Waals surface area contributed by atoms with E-state index in [1.54, 1.807) is 6.07 Å². The molecule has 0 aliphatic rings. The highest BCUT2D eigenvalue weighted by Crippen LogP contribution is 2.31. The van der Waals surface area contributed by atoms with Gasteiger partial charge in [0, 0.05) is 22.0 Å². The van der Waals surface area contributed by atoms with Gasteiger partial charge in [0.15, 0.2) is 11.7 Å². The number of amides is 1. The summed E-state index contributed by atoms with van der Waals surface area (Å²) in [4.78, 5) is 34.0. The number of nitrogens with one attached hydrogen (secondary N) is 1. The van der Waals surface area contributed by atoms with Gasteiger partial charge in [-0.3, -0.25) is 15.1 Å². The first-order chi connectivity index (χ1) is 16.1. The van der Waals surface area contributed by atoms with Crippen LogP contribution in [0.2, 0.25) is 0 Å². The number of hydrogen-bond acceptors (Lipinski definition) is 6. The molecule has 0 atom stereocenters. The Kier molecular flexibility index (Phi) is 5.54. The number of esters is 1. The minimum absolute atomic E-state index is 0.387. The number of hydrogen-bond donors (Lipinski definition) is 1. The smallest absolute Gasteiger partial charge is 0.339 e. The molecule has 0 aliphatic carbocycles. The third-order valence-electron chi connectivity index (χ3n) is 5.21. The summed E-state index contributed by atoms with van der Waals surface area (Å²) in [6, 6.07) is 23.1. The summed E-state index contributed by atoms with van der Waals surface area (Å²) in [5, 5.41) is 7.97. The largest absolute Gasteiger partial charge is 0.452 e. The fourth-order valence-corrected chi connectivity index (χ4v) is 4.47. The van der Waals surface area contributed by atoms with Gasteiger partial charge in [0.05, 0.1) is 16.8 Å². The molecule has 7 heteroatoms. The molecule has 0 saturated heterocycles. The molecule has 0 radical (unpaired) electrons. The second kappa shape index (κ2) is 8.80. The van der Waals surface area contributed by atoms with Crippen molar-refractivity contribution in [2.75, 3.05) is 11.9 Å². The van der Waals surface area contributed by atoms with E-state index in [1.165, 1.54) is 11.3 Å². The molecule has 0 bridgehead atoms. The van der Waals surface area contributed by atoms with Crippen molar-refractivity contribution in [1.82, 2.24) is 9.97 Å². The lowest BCUT2D eigenvalue weighted by molar-refractivity contribution is -0.119. The van der Waals surface area contributed by atoms with E-state index in [9.17, 15) is 9.59 Å². The molecule has 33 heavy (non-hydrogen) atoms. The van der Waals surface area contributed by atoms with Gasteiger partial charge < -0.3 is 4.74 Å². The number of aromatic nitrogens is 2. The Morgan fingerprint density at radius 3 is 2.58 bits per heavy atom. The second-order valence-electron chi connectivity index (χ2n) is 7.52. The molecule has 5 aromatic rings. The Bertz CT molecular complexity index is 1500. The molecule has 2 heterocycles. The molecule has 0 unspecified atom stereocenters. The van der Waals surface area contributed by atoms with E-state index < -0.39 is 18.5 Å². The van der Waals surface area contributed by atoms with Crippen molar-refractivity contribution < 1.29 is 14.3 Å². The number of carbonyl (C=O) groups is 2. The maximum Gasteiger partial charge on any atom is 0.339 e. The van der Waals surface area contributed by atoms with E-state index in [0.717, 1.165) is 22.0 Å². The molecule has 3 aromatic carbocycles. The van der Waals surface area contributed by atoms with Crippen LogP contribution in [0.1, 0.15) is 16.1 Å². The third kappa shape index (κ3) is 4.31. The van der Waals surface area contributed by atoms with Crippen LogP contribution in [0, 0.1) is 6.92 Å². The highest BCUT2D eigenvalue weighted by molar-refractivity contribution is 7.14. The fraction of sp³-hybridized carbons (Fsp3) is 0.0769. The Morgan fingerprint density at radius 1 is 0.939 bits per heavy atom. The van der Waals surface area contributed by atoms with E-state index in [0.29, 0.717) is 27.3 Å². The van der Waals surface area contributed by atoms with E-state index in [2.05, 4.69) is 27.4 Å². The highest BCUT2D eigenvalue weighted by atomic mass is 32.1. The molecule has 0 aliphatic heterocycles. The molecule has 162 valence electrons. The number of ether oxygens (including phenoxy) is 1. The molecule has 1 amide bonds. The average molecular weight is 454 g/mol. The van der Waals surface area contributed by atoms with Crippen molar-refractivity contribution in [1.29, 1.82) is 0 Å². The van der Waals surface area contributed by atoms with Gasteiger partial charge in [-0.1, -0.05) is 60.7 Å². The molecule has 0 fully saturated rings. The molecular weight excluding hydrogens is 434 g/mol. The molecule has 1 N–H and O–H groups in total. The topological polar surface area (TPSA) is 81.2 Å². The van der Waals surface area contributed by atoms with Gasteiger partial charge in [-0.25, -0.2) is 9.78 Å². The number of benzene rings is 3. The maximum atomic E-state index is 12.6. The second-order valence-corrected chi connectivity index (χ2v) is 8.38.